The molecule has 1 unspecified atom stereocenters. The summed E-state index contributed by atoms with van der Waals surface area (Å²) in [4.78, 5) is 3.07. The van der Waals surface area contributed by atoms with Crippen LogP contribution in [0.15, 0.2) is 17.0 Å². The first-order valence-electron chi connectivity index (χ1n) is 9.00. The molecule has 8 heteroatoms. The van der Waals surface area contributed by atoms with Gasteiger partial charge in [0, 0.05) is 0 Å². The maximum atomic E-state index is 13.3. The summed E-state index contributed by atoms with van der Waals surface area (Å²) in [5, 5.41) is -0.642. The van der Waals surface area contributed by atoms with Crippen LogP contribution in [0.5, 0.6) is 0 Å². The zero-order chi connectivity index (χ0) is 19.5. The number of sulfone groups is 1. The van der Waals surface area contributed by atoms with Crippen LogP contribution in [0.25, 0.3) is 5.53 Å². The van der Waals surface area contributed by atoms with Crippen LogP contribution in [0.3, 0.4) is 0 Å². The van der Waals surface area contributed by atoms with Gasteiger partial charge in [-0.2, -0.15) is 4.79 Å². The molecule has 1 aliphatic rings. The summed E-state index contributed by atoms with van der Waals surface area (Å²) in [6, 6.07) is 3.29. The molecule has 26 heavy (non-hydrogen) atoms. The minimum Gasteiger partial charge on any atom is -0.771 e. The predicted octanol–water partition coefficient (Wildman–Crippen LogP) is 2.97. The molecule has 0 amide bonds. The van der Waals surface area contributed by atoms with E-state index in [0.29, 0.717) is 31.2 Å². The van der Waals surface area contributed by atoms with Gasteiger partial charge in [-0.15, -0.1) is 0 Å². The fourth-order valence-electron chi connectivity index (χ4n) is 4.02. The van der Waals surface area contributed by atoms with E-state index in [1.54, 1.807) is 6.07 Å². The molecule has 1 atom stereocenters. The lowest BCUT2D eigenvalue weighted by atomic mass is 9.96. The summed E-state index contributed by atoms with van der Waals surface area (Å²) >= 11 is -2.69. The summed E-state index contributed by atoms with van der Waals surface area (Å²) in [7, 11) is -4.23. The van der Waals surface area contributed by atoms with Crippen molar-refractivity contribution in [1.29, 1.82) is 0 Å². The van der Waals surface area contributed by atoms with Crippen molar-refractivity contribution < 1.29 is 22.0 Å². The summed E-state index contributed by atoms with van der Waals surface area (Å²) in [6.07, 6.45) is 3.42. The Morgan fingerprint density at radius 3 is 2.15 bits per heavy atom. The second-order valence-electron chi connectivity index (χ2n) is 6.59. The van der Waals surface area contributed by atoms with Crippen LogP contribution < -0.4 is 0 Å². The third kappa shape index (κ3) is 3.31. The van der Waals surface area contributed by atoms with Crippen LogP contribution in [-0.2, 0) is 40.2 Å². The van der Waals surface area contributed by atoms with E-state index in [0.717, 1.165) is 17.5 Å². The smallest absolute Gasteiger partial charge is 0.403 e. The standard InChI is InChI=1S/C18H26N2O4S2/c1-4-13-9-10-16(15(6-3)14(13)5-2)26(23,24)17(20-19)18(25(21)22)11-7-8-12-18/h9-10H,4-8,11-12H2,1-3H3,(H,21,22)/p-1. The van der Waals surface area contributed by atoms with Gasteiger partial charge < -0.3 is 10.1 Å². The summed E-state index contributed by atoms with van der Waals surface area (Å²) in [6.45, 7) is 5.85. The van der Waals surface area contributed by atoms with Crippen molar-refractivity contribution in [2.75, 3.05) is 0 Å². The second kappa shape index (κ2) is 8.13. The van der Waals surface area contributed by atoms with E-state index in [2.05, 4.69) is 4.79 Å². The minimum atomic E-state index is -4.23. The Morgan fingerprint density at radius 1 is 1.15 bits per heavy atom. The number of rotatable bonds is 6. The number of hydrogen-bond acceptors (Lipinski definition) is 4. The van der Waals surface area contributed by atoms with Gasteiger partial charge in [-0.05, 0) is 65.9 Å². The average molecular weight is 398 g/mol. The molecule has 0 heterocycles. The normalized spacial score (nSPS) is 17.7. The Bertz CT molecular complexity index is 865. The molecule has 1 aromatic carbocycles. The fourth-order valence-corrected chi connectivity index (χ4v) is 7.21. The molecule has 2 rings (SSSR count). The quantitative estimate of drug-likeness (QED) is 0.241. The van der Waals surface area contributed by atoms with Crippen molar-refractivity contribution in [1.82, 2.24) is 0 Å². The lowest BCUT2D eigenvalue weighted by molar-refractivity contribution is -0.00618. The van der Waals surface area contributed by atoms with Gasteiger partial charge >= 0.3 is 5.04 Å². The summed E-state index contributed by atoms with van der Waals surface area (Å²) < 4.78 is 48.9. The van der Waals surface area contributed by atoms with E-state index < -0.39 is 30.7 Å². The Balaban J connectivity index is 2.74. The van der Waals surface area contributed by atoms with E-state index in [4.69, 9.17) is 0 Å². The highest BCUT2D eigenvalue weighted by Crippen LogP contribution is 2.39. The molecule has 0 aromatic heterocycles. The average Bonchev–Trinajstić information content (AvgIpc) is 3.11. The molecule has 1 fully saturated rings. The van der Waals surface area contributed by atoms with Crippen molar-refractivity contribution >= 4 is 26.0 Å². The molecular formula is C18H25N2O4S2-. The van der Waals surface area contributed by atoms with Crippen LogP contribution >= 0.6 is 0 Å². The monoisotopic (exact) mass is 397 g/mol. The highest BCUT2D eigenvalue weighted by molar-refractivity contribution is 8.08. The van der Waals surface area contributed by atoms with Gasteiger partial charge in [0.1, 0.15) is 4.75 Å². The van der Waals surface area contributed by atoms with Crippen molar-refractivity contribution in [3.05, 3.63) is 34.4 Å². The first-order chi connectivity index (χ1) is 12.3. The van der Waals surface area contributed by atoms with Crippen molar-refractivity contribution in [2.45, 2.75) is 75.4 Å². The van der Waals surface area contributed by atoms with E-state index in [1.807, 2.05) is 20.8 Å². The molecule has 1 aliphatic carbocycles. The van der Waals surface area contributed by atoms with Crippen LogP contribution in [0, 0.1) is 0 Å². The molecule has 1 saturated carbocycles. The number of nitrogens with zero attached hydrogens (tertiary/aromatic N) is 2. The van der Waals surface area contributed by atoms with Crippen LogP contribution in [0.4, 0.5) is 0 Å². The van der Waals surface area contributed by atoms with E-state index in [1.165, 1.54) is 6.07 Å². The number of aryl methyl sites for hydroxylation is 1. The molecule has 0 aliphatic heterocycles. The van der Waals surface area contributed by atoms with Crippen LogP contribution in [-0.4, -0.2) is 31.8 Å². The van der Waals surface area contributed by atoms with Gasteiger partial charge in [-0.1, -0.05) is 39.7 Å². The van der Waals surface area contributed by atoms with Crippen molar-refractivity contribution in [3.8, 4) is 0 Å². The fraction of sp³-hybridized carbons (Fsp3) is 0.611. The SMILES string of the molecule is CCc1ccc(S(=O)(=O)C(=[N+]=[N-])C2(S(=O)[O-])CCCC2)c(CC)c1CC. The maximum Gasteiger partial charge on any atom is 0.403 e. The largest absolute Gasteiger partial charge is 0.771 e. The van der Waals surface area contributed by atoms with Gasteiger partial charge in [-0.25, -0.2) is 8.42 Å². The lowest BCUT2D eigenvalue weighted by Gasteiger charge is -2.27. The van der Waals surface area contributed by atoms with Crippen LogP contribution in [0.1, 0.15) is 63.1 Å². The molecule has 0 saturated heterocycles. The highest BCUT2D eigenvalue weighted by atomic mass is 32.2. The molecule has 0 spiro atoms. The molecule has 0 radical (unpaired) electrons. The highest BCUT2D eigenvalue weighted by Gasteiger charge is 2.54. The summed E-state index contributed by atoms with van der Waals surface area (Å²) in [5.41, 5.74) is 12.2. The van der Waals surface area contributed by atoms with E-state index in [-0.39, 0.29) is 17.7 Å². The van der Waals surface area contributed by atoms with E-state index in [9.17, 15) is 22.7 Å². The third-order valence-corrected chi connectivity index (χ3v) is 8.64. The Morgan fingerprint density at radius 2 is 1.73 bits per heavy atom. The van der Waals surface area contributed by atoms with Gasteiger partial charge in [0.15, 0.2) is 0 Å². The second-order valence-corrected chi connectivity index (χ2v) is 9.67. The van der Waals surface area contributed by atoms with Crippen molar-refractivity contribution in [2.24, 2.45) is 0 Å². The molecule has 0 N–H and O–H groups in total. The molecule has 144 valence electrons. The van der Waals surface area contributed by atoms with Gasteiger partial charge in [-0.3, -0.25) is 4.21 Å². The number of hydrogen-bond donors (Lipinski definition) is 0. The maximum absolute atomic E-state index is 13.3. The van der Waals surface area contributed by atoms with Gasteiger partial charge in [0.05, 0.1) is 4.90 Å². The first kappa shape index (κ1) is 21.0. The van der Waals surface area contributed by atoms with E-state index >= 15 is 0 Å². The zero-order valence-corrected chi connectivity index (χ0v) is 17.1. The minimum absolute atomic E-state index is 0.0542. The van der Waals surface area contributed by atoms with Crippen molar-refractivity contribution in [3.63, 3.8) is 0 Å². The lowest BCUT2D eigenvalue weighted by Crippen LogP contribution is -2.45. The Kier molecular flexibility index (Phi) is 6.55. The molecule has 6 nitrogen and oxygen atoms in total. The zero-order valence-electron chi connectivity index (χ0n) is 15.4. The summed E-state index contributed by atoms with van der Waals surface area (Å²) in [5.74, 6) is 0. The Hall–Kier alpha value is -1.34. The predicted molar refractivity (Wildman–Crippen MR) is 101 cm³/mol. The van der Waals surface area contributed by atoms with Gasteiger partial charge in [0.2, 0.25) is 0 Å². The molecular weight excluding hydrogens is 372 g/mol. The van der Waals surface area contributed by atoms with Gasteiger partial charge in [0.25, 0.3) is 9.84 Å². The third-order valence-electron chi connectivity index (χ3n) is 5.33. The first-order valence-corrected chi connectivity index (χ1v) is 11.6. The molecule has 1 aromatic rings. The number of benzene rings is 1. The Labute approximate surface area is 157 Å². The van der Waals surface area contributed by atoms with Crippen LogP contribution in [0.2, 0.25) is 0 Å². The topological polar surface area (TPSA) is 111 Å². The molecule has 0 bridgehead atoms.